The molecule has 0 N–H and O–H groups in total. The monoisotopic (exact) mass is 322 g/mol. The van der Waals surface area contributed by atoms with E-state index in [0.717, 1.165) is 15.8 Å². The first-order valence-electron chi connectivity index (χ1n) is 5.95. The zero-order chi connectivity index (χ0) is 13.8. The minimum Gasteiger partial charge on any atom is -0.497 e. The molecule has 0 atom stereocenters. The highest BCUT2D eigenvalue weighted by molar-refractivity contribution is 9.10. The number of benzene rings is 1. The highest BCUT2D eigenvalue weighted by Crippen LogP contribution is 2.18. The average Bonchev–Trinajstić information content (AvgIpc) is 2.76. The van der Waals surface area contributed by atoms with Gasteiger partial charge in [0.15, 0.2) is 5.78 Å². The van der Waals surface area contributed by atoms with Gasteiger partial charge >= 0.3 is 0 Å². The van der Waals surface area contributed by atoms with Gasteiger partial charge in [-0.15, -0.1) is 0 Å². The first kappa shape index (κ1) is 13.8. The second-order valence-corrected chi connectivity index (χ2v) is 5.09. The molecule has 0 unspecified atom stereocenters. The summed E-state index contributed by atoms with van der Waals surface area (Å²) in [4.78, 5) is 12.1. The molecule has 1 aromatic heterocycles. The highest BCUT2D eigenvalue weighted by atomic mass is 79.9. The smallest absolute Gasteiger partial charge is 0.182 e. The molecule has 0 fully saturated rings. The number of ether oxygens (including phenoxy) is 1. The largest absolute Gasteiger partial charge is 0.497 e. The van der Waals surface area contributed by atoms with Crippen LogP contribution in [0.25, 0.3) is 0 Å². The Balaban J connectivity index is 2.00. The molecule has 0 amide bonds. The summed E-state index contributed by atoms with van der Waals surface area (Å²) in [5.41, 5.74) is 1.74. The number of aromatic nitrogens is 2. The fraction of sp³-hybridized carbons (Fsp3) is 0.286. The van der Waals surface area contributed by atoms with Crippen LogP contribution in [0.1, 0.15) is 22.5 Å². The number of ketones is 1. The van der Waals surface area contributed by atoms with Crippen LogP contribution in [0.5, 0.6) is 5.75 Å². The van der Waals surface area contributed by atoms with Gasteiger partial charge in [0.2, 0.25) is 0 Å². The summed E-state index contributed by atoms with van der Waals surface area (Å²) in [5, 5.41) is 4.05. The zero-order valence-corrected chi connectivity index (χ0v) is 12.5. The van der Waals surface area contributed by atoms with Crippen molar-refractivity contribution in [2.75, 3.05) is 7.11 Å². The maximum absolute atomic E-state index is 12.1. The number of hydrogen-bond acceptors (Lipinski definition) is 3. The van der Waals surface area contributed by atoms with E-state index in [4.69, 9.17) is 4.74 Å². The molecular formula is C14H15BrN2O2. The Hall–Kier alpha value is -1.62. The van der Waals surface area contributed by atoms with Crippen molar-refractivity contribution in [2.24, 2.45) is 7.05 Å². The van der Waals surface area contributed by atoms with E-state index in [9.17, 15) is 4.79 Å². The molecule has 0 aliphatic carbocycles. The van der Waals surface area contributed by atoms with Crippen LogP contribution in [0.15, 0.2) is 34.9 Å². The Morgan fingerprint density at radius 1 is 1.37 bits per heavy atom. The average molecular weight is 323 g/mol. The van der Waals surface area contributed by atoms with E-state index in [1.807, 2.05) is 24.3 Å². The zero-order valence-electron chi connectivity index (χ0n) is 10.9. The molecule has 100 valence electrons. The van der Waals surface area contributed by atoms with Crippen molar-refractivity contribution in [1.82, 2.24) is 9.78 Å². The van der Waals surface area contributed by atoms with Gasteiger partial charge in [-0.2, -0.15) is 5.10 Å². The maximum atomic E-state index is 12.1. The Labute approximate surface area is 120 Å². The van der Waals surface area contributed by atoms with E-state index >= 15 is 0 Å². The van der Waals surface area contributed by atoms with E-state index in [1.54, 1.807) is 25.0 Å². The lowest BCUT2D eigenvalue weighted by Gasteiger charge is -2.04. The summed E-state index contributed by atoms with van der Waals surface area (Å²) in [6, 6.07) is 7.76. The summed E-state index contributed by atoms with van der Waals surface area (Å²) in [6.45, 7) is 0. The fourth-order valence-corrected chi connectivity index (χ4v) is 2.46. The third-order valence-corrected chi connectivity index (χ3v) is 3.54. The number of carbonyl (C=O) groups excluding carboxylic acids is 1. The Kier molecular flexibility index (Phi) is 4.37. The van der Waals surface area contributed by atoms with Crippen LogP contribution in [-0.2, 0) is 13.5 Å². The van der Waals surface area contributed by atoms with Crippen LogP contribution in [0.3, 0.4) is 0 Å². The minimum absolute atomic E-state index is 0.0858. The number of nitrogens with zero attached hydrogens (tertiary/aromatic N) is 2. The summed E-state index contributed by atoms with van der Waals surface area (Å²) in [7, 11) is 3.41. The summed E-state index contributed by atoms with van der Waals surface area (Å²) < 4.78 is 7.44. The second kappa shape index (κ2) is 6.02. The van der Waals surface area contributed by atoms with Crippen molar-refractivity contribution >= 4 is 21.7 Å². The van der Waals surface area contributed by atoms with Gasteiger partial charge in [-0.05, 0) is 40.0 Å². The molecular weight excluding hydrogens is 308 g/mol. The van der Waals surface area contributed by atoms with Crippen molar-refractivity contribution in [3.8, 4) is 5.75 Å². The lowest BCUT2D eigenvalue weighted by Crippen LogP contribution is -2.08. The number of hydrogen-bond donors (Lipinski definition) is 0. The normalized spacial score (nSPS) is 10.5. The quantitative estimate of drug-likeness (QED) is 0.795. The van der Waals surface area contributed by atoms with Crippen LogP contribution in [0, 0.1) is 0 Å². The van der Waals surface area contributed by atoms with Gasteiger partial charge in [-0.3, -0.25) is 9.48 Å². The summed E-state index contributed by atoms with van der Waals surface area (Å²) >= 11 is 3.34. The van der Waals surface area contributed by atoms with Crippen molar-refractivity contribution in [2.45, 2.75) is 12.8 Å². The van der Waals surface area contributed by atoms with E-state index < -0.39 is 0 Å². The maximum Gasteiger partial charge on any atom is 0.182 e. The first-order valence-corrected chi connectivity index (χ1v) is 6.74. The highest BCUT2D eigenvalue weighted by Gasteiger charge is 2.14. The van der Waals surface area contributed by atoms with Gasteiger partial charge in [0.05, 0.1) is 17.8 Å². The molecule has 0 bridgehead atoms. The molecule has 19 heavy (non-hydrogen) atoms. The number of halogens is 1. The van der Waals surface area contributed by atoms with Gasteiger partial charge in [-0.25, -0.2) is 0 Å². The molecule has 0 spiro atoms. The number of aryl methyl sites for hydroxylation is 2. The molecule has 0 radical (unpaired) electrons. The predicted molar refractivity (Wildman–Crippen MR) is 76.6 cm³/mol. The van der Waals surface area contributed by atoms with Gasteiger partial charge < -0.3 is 4.74 Å². The van der Waals surface area contributed by atoms with Gasteiger partial charge in [0.1, 0.15) is 11.4 Å². The number of Topliss-reactive ketones (excluding diaryl/α,β-unsaturated/α-hetero) is 1. The predicted octanol–water partition coefficient (Wildman–Crippen LogP) is 3.01. The summed E-state index contributed by atoms with van der Waals surface area (Å²) in [6.07, 6.45) is 2.81. The van der Waals surface area contributed by atoms with Gasteiger partial charge in [0.25, 0.3) is 0 Å². The Morgan fingerprint density at radius 2 is 2.05 bits per heavy atom. The lowest BCUT2D eigenvalue weighted by atomic mass is 10.1. The number of rotatable bonds is 5. The van der Waals surface area contributed by atoms with Crippen molar-refractivity contribution in [3.63, 3.8) is 0 Å². The van der Waals surface area contributed by atoms with Gasteiger partial charge in [-0.1, -0.05) is 12.1 Å². The van der Waals surface area contributed by atoms with Crippen molar-refractivity contribution in [1.29, 1.82) is 0 Å². The molecule has 1 heterocycles. The fourth-order valence-electron chi connectivity index (χ4n) is 1.89. The third kappa shape index (κ3) is 3.23. The van der Waals surface area contributed by atoms with E-state index in [0.29, 0.717) is 18.5 Å². The van der Waals surface area contributed by atoms with Crippen LogP contribution in [0.4, 0.5) is 0 Å². The first-order chi connectivity index (χ1) is 9.11. The third-order valence-electron chi connectivity index (χ3n) is 2.96. The lowest BCUT2D eigenvalue weighted by molar-refractivity contribution is 0.0973. The minimum atomic E-state index is 0.0858. The van der Waals surface area contributed by atoms with E-state index in [1.165, 1.54) is 0 Å². The molecule has 4 nitrogen and oxygen atoms in total. The summed E-state index contributed by atoms with van der Waals surface area (Å²) in [5.74, 6) is 0.909. The molecule has 2 rings (SSSR count). The standard InChI is InChI=1S/C14H15BrN2O2/c1-17-14(12(15)9-16-17)13(18)8-5-10-3-6-11(19-2)7-4-10/h3-4,6-7,9H,5,8H2,1-2H3. The van der Waals surface area contributed by atoms with Crippen molar-refractivity contribution < 1.29 is 9.53 Å². The molecule has 1 aromatic carbocycles. The van der Waals surface area contributed by atoms with Crippen LogP contribution < -0.4 is 4.74 Å². The van der Waals surface area contributed by atoms with Crippen LogP contribution in [-0.4, -0.2) is 22.7 Å². The van der Waals surface area contributed by atoms with E-state index in [2.05, 4.69) is 21.0 Å². The second-order valence-electron chi connectivity index (χ2n) is 4.24. The molecule has 0 saturated heterocycles. The molecule has 0 aliphatic rings. The number of methoxy groups -OCH3 is 1. The number of carbonyl (C=O) groups is 1. The molecule has 2 aromatic rings. The van der Waals surface area contributed by atoms with Crippen LogP contribution >= 0.6 is 15.9 Å². The molecule has 0 saturated carbocycles. The van der Waals surface area contributed by atoms with Gasteiger partial charge in [0, 0.05) is 13.5 Å². The topological polar surface area (TPSA) is 44.1 Å². The Bertz CT molecular complexity index is 556. The Morgan fingerprint density at radius 3 is 2.58 bits per heavy atom. The van der Waals surface area contributed by atoms with Crippen LogP contribution in [0.2, 0.25) is 0 Å². The molecule has 5 heteroatoms. The SMILES string of the molecule is COc1ccc(CCC(=O)c2c(Br)cnn2C)cc1. The van der Waals surface area contributed by atoms with E-state index in [-0.39, 0.29) is 5.78 Å². The molecule has 0 aliphatic heterocycles. The van der Waals surface area contributed by atoms with Crippen molar-refractivity contribution in [3.05, 3.63) is 46.2 Å².